The molecule has 0 aliphatic carbocycles. The van der Waals surface area contributed by atoms with Gasteiger partial charge < -0.3 is 9.64 Å². The Morgan fingerprint density at radius 3 is 2.48 bits per heavy atom. The van der Waals surface area contributed by atoms with Gasteiger partial charge in [0.15, 0.2) is 0 Å². The summed E-state index contributed by atoms with van der Waals surface area (Å²) in [6.45, 7) is 5.75. The van der Waals surface area contributed by atoms with Crippen molar-refractivity contribution in [3.63, 3.8) is 0 Å². The predicted molar refractivity (Wildman–Crippen MR) is 121 cm³/mol. The maximum absolute atomic E-state index is 6.58. The molecule has 2 aliphatic heterocycles. The van der Waals surface area contributed by atoms with Crippen LogP contribution in [0.15, 0.2) is 71.6 Å². The fourth-order valence-electron chi connectivity index (χ4n) is 4.74. The van der Waals surface area contributed by atoms with Gasteiger partial charge in [-0.1, -0.05) is 54.1 Å². The van der Waals surface area contributed by atoms with Crippen LogP contribution >= 0.6 is 11.3 Å². The number of likely N-dealkylation sites (tertiary alicyclic amines) is 1. The van der Waals surface area contributed by atoms with Crippen LogP contribution in [0.4, 0.5) is 0 Å². The maximum atomic E-state index is 6.58. The van der Waals surface area contributed by atoms with Gasteiger partial charge in [-0.2, -0.15) is 0 Å². The summed E-state index contributed by atoms with van der Waals surface area (Å²) < 4.78 is 6.58. The minimum Gasteiger partial charge on any atom is -0.455 e. The summed E-state index contributed by atoms with van der Waals surface area (Å²) in [4.78, 5) is 2.93. The average Bonchev–Trinajstić information content (AvgIpc) is 3.30. The summed E-state index contributed by atoms with van der Waals surface area (Å²) >= 11 is 1.78. The van der Waals surface area contributed by atoms with Gasteiger partial charge in [-0.25, -0.2) is 0 Å². The molecule has 3 aromatic rings. The second-order valence-corrected chi connectivity index (χ2v) is 9.25. The highest BCUT2D eigenvalue weighted by Gasteiger charge is 2.34. The van der Waals surface area contributed by atoms with Gasteiger partial charge in [-0.3, -0.25) is 0 Å². The third kappa shape index (κ3) is 3.77. The van der Waals surface area contributed by atoms with E-state index in [9.17, 15) is 0 Å². The molecule has 3 heterocycles. The highest BCUT2D eigenvalue weighted by molar-refractivity contribution is 7.11. The van der Waals surface area contributed by atoms with Crippen LogP contribution in [0.2, 0.25) is 0 Å². The SMILES string of the molecule is Cc1ccc(C2C(C[NH+]3CCCCC3)=C(c3cccs3)Oc3ccccc32)cc1. The first-order valence-corrected chi connectivity index (χ1v) is 11.6. The zero-order valence-electron chi connectivity index (χ0n) is 17.0. The molecule has 0 bridgehead atoms. The normalized spacial score (nSPS) is 19.7. The van der Waals surface area contributed by atoms with Gasteiger partial charge in [-0.15, -0.1) is 11.3 Å². The number of quaternary nitrogens is 1. The fraction of sp³-hybridized carbons (Fsp3) is 0.308. The van der Waals surface area contributed by atoms with E-state index in [-0.39, 0.29) is 5.92 Å². The van der Waals surface area contributed by atoms with Crippen LogP contribution < -0.4 is 9.64 Å². The van der Waals surface area contributed by atoms with Crippen LogP contribution in [0.3, 0.4) is 0 Å². The van der Waals surface area contributed by atoms with E-state index >= 15 is 0 Å². The van der Waals surface area contributed by atoms with Crippen LogP contribution in [-0.2, 0) is 0 Å². The van der Waals surface area contributed by atoms with Crippen molar-refractivity contribution in [2.24, 2.45) is 0 Å². The van der Waals surface area contributed by atoms with E-state index in [4.69, 9.17) is 4.74 Å². The van der Waals surface area contributed by atoms with E-state index in [0.29, 0.717) is 0 Å². The first kappa shape index (κ1) is 18.7. The Kier molecular flexibility index (Phi) is 5.26. The number of fused-ring (bicyclic) bond motifs is 1. The van der Waals surface area contributed by atoms with Crippen LogP contribution in [0.1, 0.15) is 46.7 Å². The van der Waals surface area contributed by atoms with Gasteiger partial charge in [0.2, 0.25) is 0 Å². The third-order valence-corrected chi connectivity index (χ3v) is 7.11. The molecule has 1 aromatic heterocycles. The van der Waals surface area contributed by atoms with Gasteiger partial charge in [-0.05, 0) is 49.3 Å². The molecule has 0 radical (unpaired) electrons. The number of benzene rings is 2. The molecule has 2 aliphatic rings. The Hall–Kier alpha value is -2.36. The van der Waals surface area contributed by atoms with E-state index in [1.54, 1.807) is 16.2 Å². The molecule has 5 rings (SSSR count). The minimum atomic E-state index is 0.257. The highest BCUT2D eigenvalue weighted by atomic mass is 32.1. The van der Waals surface area contributed by atoms with Crippen molar-refractivity contribution in [3.8, 4) is 5.75 Å². The molecule has 1 N–H and O–H groups in total. The lowest BCUT2D eigenvalue weighted by molar-refractivity contribution is -0.900. The predicted octanol–water partition coefficient (Wildman–Crippen LogP) is 5.06. The van der Waals surface area contributed by atoms with E-state index < -0.39 is 0 Å². The number of ether oxygens (including phenoxy) is 1. The maximum Gasteiger partial charge on any atom is 0.150 e. The topological polar surface area (TPSA) is 13.7 Å². The Morgan fingerprint density at radius 2 is 1.72 bits per heavy atom. The summed E-state index contributed by atoms with van der Waals surface area (Å²) in [6, 6.07) is 22.0. The van der Waals surface area contributed by atoms with E-state index in [0.717, 1.165) is 18.1 Å². The third-order valence-electron chi connectivity index (χ3n) is 6.24. The zero-order valence-corrected chi connectivity index (χ0v) is 17.8. The molecule has 3 heteroatoms. The van der Waals surface area contributed by atoms with Crippen molar-refractivity contribution in [3.05, 3.63) is 93.2 Å². The zero-order chi connectivity index (χ0) is 19.6. The molecule has 0 amide bonds. The molecule has 2 nitrogen and oxygen atoms in total. The lowest BCUT2D eigenvalue weighted by atomic mass is 9.81. The number of thiophene rings is 1. The molecule has 0 spiro atoms. The summed E-state index contributed by atoms with van der Waals surface area (Å²) in [5.74, 6) is 2.34. The van der Waals surface area contributed by atoms with Crippen molar-refractivity contribution < 1.29 is 9.64 Å². The number of hydrogen-bond acceptors (Lipinski definition) is 2. The summed E-state index contributed by atoms with van der Waals surface area (Å²) in [5.41, 5.74) is 5.40. The van der Waals surface area contributed by atoms with Gasteiger partial charge in [0.05, 0.1) is 18.0 Å². The van der Waals surface area contributed by atoms with Gasteiger partial charge in [0.1, 0.15) is 18.1 Å². The number of hydrogen-bond donors (Lipinski definition) is 1. The fourth-order valence-corrected chi connectivity index (χ4v) is 5.48. The number of nitrogens with one attached hydrogen (secondary N) is 1. The second-order valence-electron chi connectivity index (χ2n) is 8.30. The Bertz CT molecular complexity index is 997. The Balaban J connectivity index is 1.66. The molecular formula is C26H28NOS+. The van der Waals surface area contributed by atoms with Crippen molar-refractivity contribution in [1.29, 1.82) is 0 Å². The van der Waals surface area contributed by atoms with Crippen molar-refractivity contribution in [1.82, 2.24) is 0 Å². The first-order valence-electron chi connectivity index (χ1n) is 10.7. The molecule has 1 saturated heterocycles. The molecule has 0 saturated carbocycles. The lowest BCUT2D eigenvalue weighted by Crippen LogP contribution is -3.13. The van der Waals surface area contributed by atoms with Crippen LogP contribution in [0.5, 0.6) is 5.75 Å². The van der Waals surface area contributed by atoms with E-state index in [1.807, 2.05) is 0 Å². The summed E-state index contributed by atoms with van der Waals surface area (Å²) in [5, 5.41) is 2.15. The van der Waals surface area contributed by atoms with Crippen molar-refractivity contribution in [2.45, 2.75) is 32.1 Å². The minimum absolute atomic E-state index is 0.257. The van der Waals surface area contributed by atoms with Crippen LogP contribution in [0.25, 0.3) is 5.76 Å². The second kappa shape index (κ2) is 8.17. The summed E-state index contributed by atoms with van der Waals surface area (Å²) in [6.07, 6.45) is 4.05. The molecular weight excluding hydrogens is 374 g/mol. The van der Waals surface area contributed by atoms with Gasteiger partial charge in [0, 0.05) is 17.1 Å². The molecule has 2 aromatic carbocycles. The molecule has 1 fully saturated rings. The number of rotatable bonds is 4. The van der Waals surface area contributed by atoms with E-state index in [2.05, 4.69) is 73.0 Å². The average molecular weight is 403 g/mol. The molecule has 148 valence electrons. The van der Waals surface area contributed by atoms with Gasteiger partial charge in [0.25, 0.3) is 0 Å². The number of para-hydroxylation sites is 1. The Labute approximate surface area is 177 Å². The number of aryl methyl sites for hydroxylation is 1. The highest BCUT2D eigenvalue weighted by Crippen LogP contribution is 2.45. The van der Waals surface area contributed by atoms with Crippen molar-refractivity contribution in [2.75, 3.05) is 19.6 Å². The lowest BCUT2D eigenvalue weighted by Gasteiger charge is -2.33. The molecule has 1 unspecified atom stereocenters. The largest absolute Gasteiger partial charge is 0.455 e. The standard InChI is InChI=1S/C26H27NOS/c1-19-11-13-20(14-12-19)25-21-8-3-4-9-23(21)28-26(24-10-7-17-29-24)22(25)18-27-15-5-2-6-16-27/h3-4,7-14,17,25H,2,5-6,15-16,18H2,1H3/p+1. The van der Waals surface area contributed by atoms with Crippen molar-refractivity contribution >= 4 is 17.1 Å². The van der Waals surface area contributed by atoms with Gasteiger partial charge >= 0.3 is 0 Å². The monoisotopic (exact) mass is 402 g/mol. The van der Waals surface area contributed by atoms with E-state index in [1.165, 1.54) is 59.5 Å². The smallest absolute Gasteiger partial charge is 0.150 e. The van der Waals surface area contributed by atoms with Crippen LogP contribution in [0, 0.1) is 6.92 Å². The van der Waals surface area contributed by atoms with Crippen LogP contribution in [-0.4, -0.2) is 19.6 Å². The first-order chi connectivity index (χ1) is 14.3. The molecule has 29 heavy (non-hydrogen) atoms. The Morgan fingerprint density at radius 1 is 0.931 bits per heavy atom. The quantitative estimate of drug-likeness (QED) is 0.644. The number of piperidine rings is 1. The summed E-state index contributed by atoms with van der Waals surface area (Å²) in [7, 11) is 0. The molecule has 1 atom stereocenters.